The van der Waals surface area contributed by atoms with Gasteiger partial charge in [-0.25, -0.2) is 0 Å². The van der Waals surface area contributed by atoms with E-state index in [0.717, 1.165) is 6.92 Å². The number of benzene rings is 3. The second-order valence-corrected chi connectivity index (χ2v) is 7.19. The van der Waals surface area contributed by atoms with Crippen molar-refractivity contribution in [1.29, 1.82) is 0 Å². The van der Waals surface area contributed by atoms with E-state index in [1.54, 1.807) is 18.2 Å². The summed E-state index contributed by atoms with van der Waals surface area (Å²) in [5.41, 5.74) is -5.21. The van der Waals surface area contributed by atoms with Crippen LogP contribution in [0.15, 0.2) is 78.9 Å². The van der Waals surface area contributed by atoms with Gasteiger partial charge in [-0.2, -0.15) is 13.2 Å². The quantitative estimate of drug-likeness (QED) is 0.574. The third-order valence-corrected chi connectivity index (χ3v) is 5.44. The lowest BCUT2D eigenvalue weighted by molar-refractivity contribution is -0.234. The number of hydrogen-bond acceptors (Lipinski definition) is 2. The third kappa shape index (κ3) is 3.15. The Morgan fingerprint density at radius 2 is 1.18 bits per heavy atom. The van der Waals surface area contributed by atoms with Crippen LogP contribution in [0, 0.1) is 0 Å². The zero-order valence-corrected chi connectivity index (χ0v) is 15.7. The summed E-state index contributed by atoms with van der Waals surface area (Å²) in [5, 5.41) is 21.7. The predicted octanol–water partition coefficient (Wildman–Crippen LogP) is 5.80. The van der Waals surface area contributed by atoms with Crippen LogP contribution in [0.2, 0.25) is 5.02 Å². The van der Waals surface area contributed by atoms with E-state index < -0.39 is 17.2 Å². The van der Waals surface area contributed by atoms with E-state index in [1.165, 1.54) is 60.7 Å². The van der Waals surface area contributed by atoms with E-state index in [9.17, 15) is 23.4 Å². The molecule has 0 aliphatic carbocycles. The van der Waals surface area contributed by atoms with Crippen molar-refractivity contribution >= 4 is 11.6 Å². The topological polar surface area (TPSA) is 40.5 Å². The van der Waals surface area contributed by atoms with Crippen LogP contribution >= 0.6 is 11.6 Å². The van der Waals surface area contributed by atoms with Gasteiger partial charge in [-0.3, -0.25) is 0 Å². The minimum atomic E-state index is -4.83. The van der Waals surface area contributed by atoms with Crippen molar-refractivity contribution in [2.75, 3.05) is 0 Å². The van der Waals surface area contributed by atoms with Gasteiger partial charge in [0, 0.05) is 5.02 Å². The second kappa shape index (κ2) is 7.15. The summed E-state index contributed by atoms with van der Waals surface area (Å²) in [6, 6.07) is 18.1. The van der Waals surface area contributed by atoms with Crippen molar-refractivity contribution in [3.8, 4) is 5.75 Å². The molecule has 0 amide bonds. The largest absolute Gasteiger partial charge is 0.508 e. The van der Waals surface area contributed by atoms with Gasteiger partial charge in [-0.1, -0.05) is 66.2 Å². The number of alkyl halides is 3. The Kier molecular flexibility index (Phi) is 5.17. The molecule has 0 fully saturated rings. The molecular formula is C22H18ClF3O2. The highest BCUT2D eigenvalue weighted by molar-refractivity contribution is 6.30. The molecule has 0 unspecified atom stereocenters. The van der Waals surface area contributed by atoms with Crippen LogP contribution in [0.5, 0.6) is 5.75 Å². The molecule has 6 heteroatoms. The van der Waals surface area contributed by atoms with Crippen LogP contribution in [0.25, 0.3) is 0 Å². The number of aliphatic hydroxyl groups is 1. The fraction of sp³-hybridized carbons (Fsp3) is 0.182. The highest BCUT2D eigenvalue weighted by Crippen LogP contribution is 2.55. The van der Waals surface area contributed by atoms with E-state index in [0.29, 0.717) is 5.02 Å². The molecule has 0 bridgehead atoms. The average molecular weight is 407 g/mol. The smallest absolute Gasteiger partial charge is 0.401 e. The van der Waals surface area contributed by atoms with E-state index in [2.05, 4.69) is 0 Å². The highest BCUT2D eigenvalue weighted by atomic mass is 35.5. The molecule has 0 spiro atoms. The summed E-state index contributed by atoms with van der Waals surface area (Å²) in [6.45, 7) is 0.959. The van der Waals surface area contributed by atoms with Gasteiger partial charge < -0.3 is 10.2 Å². The highest BCUT2D eigenvalue weighted by Gasteiger charge is 2.65. The van der Waals surface area contributed by atoms with Crippen molar-refractivity contribution in [3.05, 3.63) is 101 Å². The molecule has 2 nitrogen and oxygen atoms in total. The Labute approximate surface area is 165 Å². The van der Waals surface area contributed by atoms with Gasteiger partial charge in [0.1, 0.15) is 16.8 Å². The Morgan fingerprint density at radius 3 is 1.68 bits per heavy atom. The van der Waals surface area contributed by atoms with Crippen LogP contribution < -0.4 is 0 Å². The van der Waals surface area contributed by atoms with Crippen LogP contribution in [-0.2, 0) is 11.0 Å². The van der Waals surface area contributed by atoms with Crippen LogP contribution in [0.1, 0.15) is 23.6 Å². The van der Waals surface area contributed by atoms with Gasteiger partial charge in [-0.15, -0.1) is 0 Å². The molecule has 3 aromatic rings. The van der Waals surface area contributed by atoms with Gasteiger partial charge in [0.25, 0.3) is 0 Å². The number of rotatable bonds is 4. The lowest BCUT2D eigenvalue weighted by atomic mass is 9.62. The fourth-order valence-electron chi connectivity index (χ4n) is 3.49. The first kappa shape index (κ1) is 20.2. The summed E-state index contributed by atoms with van der Waals surface area (Å²) in [7, 11) is 0. The maximum absolute atomic E-state index is 14.6. The zero-order chi connectivity index (χ0) is 20.6. The number of halogens is 4. The van der Waals surface area contributed by atoms with Gasteiger partial charge in [0.2, 0.25) is 0 Å². The molecule has 28 heavy (non-hydrogen) atoms. The van der Waals surface area contributed by atoms with E-state index in [-0.39, 0.29) is 22.4 Å². The van der Waals surface area contributed by atoms with Crippen molar-refractivity contribution in [2.24, 2.45) is 0 Å². The number of phenols is 1. The fourth-order valence-corrected chi connectivity index (χ4v) is 3.61. The number of phenolic OH excluding ortho intramolecular Hbond substituents is 1. The summed E-state index contributed by atoms with van der Waals surface area (Å²) in [6.07, 6.45) is -4.83. The van der Waals surface area contributed by atoms with E-state index >= 15 is 0 Å². The van der Waals surface area contributed by atoms with Gasteiger partial charge in [-0.05, 0) is 47.9 Å². The molecule has 2 N–H and O–H groups in total. The molecule has 0 aliphatic heterocycles. The SMILES string of the molecule is C[C@](c1ccc(O)cc1)(C(F)(F)F)[C@@](O)(c1ccccc1)c1ccc(Cl)cc1. The Hall–Kier alpha value is -2.50. The minimum absolute atomic E-state index is 0.0519. The first-order chi connectivity index (χ1) is 13.1. The summed E-state index contributed by atoms with van der Waals surface area (Å²) < 4.78 is 43.8. The lowest BCUT2D eigenvalue weighted by Crippen LogP contribution is -2.57. The standard InChI is InChI=1S/C22H18ClF3O2/c1-20(22(24,25)26,15-9-13-19(27)14-10-15)21(28,16-5-3-2-4-6-16)17-7-11-18(23)12-8-17/h2-14,27-28H,1H3/t20-,21-/m1/s1. The normalized spacial score (nSPS) is 16.2. The minimum Gasteiger partial charge on any atom is -0.508 e. The van der Waals surface area contributed by atoms with E-state index in [1.807, 2.05) is 0 Å². The third-order valence-electron chi connectivity index (χ3n) is 5.19. The van der Waals surface area contributed by atoms with Crippen LogP contribution in [0.4, 0.5) is 13.2 Å². The molecule has 0 heterocycles. The molecule has 3 rings (SSSR count). The summed E-state index contributed by atoms with van der Waals surface area (Å²) in [4.78, 5) is 0. The molecule has 0 saturated carbocycles. The van der Waals surface area contributed by atoms with Crippen molar-refractivity contribution < 1.29 is 23.4 Å². The maximum Gasteiger partial charge on any atom is 0.401 e. The zero-order valence-electron chi connectivity index (χ0n) is 14.9. The first-order valence-electron chi connectivity index (χ1n) is 8.51. The summed E-state index contributed by atoms with van der Waals surface area (Å²) >= 11 is 5.91. The van der Waals surface area contributed by atoms with Gasteiger partial charge in [0.05, 0.1) is 0 Å². The first-order valence-corrected chi connectivity index (χ1v) is 8.88. The van der Waals surface area contributed by atoms with Crippen LogP contribution in [0.3, 0.4) is 0 Å². The number of hydrogen-bond donors (Lipinski definition) is 2. The van der Waals surface area contributed by atoms with Crippen LogP contribution in [-0.4, -0.2) is 16.4 Å². The maximum atomic E-state index is 14.6. The Morgan fingerprint density at radius 1 is 0.714 bits per heavy atom. The number of aromatic hydroxyl groups is 1. The van der Waals surface area contributed by atoms with Crippen molar-refractivity contribution in [3.63, 3.8) is 0 Å². The lowest BCUT2D eigenvalue weighted by Gasteiger charge is -2.47. The molecule has 0 aliphatic rings. The molecule has 0 saturated heterocycles. The Bertz CT molecular complexity index is 940. The monoisotopic (exact) mass is 406 g/mol. The Balaban J connectivity index is 2.39. The van der Waals surface area contributed by atoms with Crippen molar-refractivity contribution in [1.82, 2.24) is 0 Å². The molecule has 0 radical (unpaired) electrons. The van der Waals surface area contributed by atoms with E-state index in [4.69, 9.17) is 11.6 Å². The van der Waals surface area contributed by atoms with Gasteiger partial charge in [0.15, 0.2) is 0 Å². The molecule has 0 aromatic heterocycles. The average Bonchev–Trinajstić information content (AvgIpc) is 2.67. The molecule has 146 valence electrons. The molecule has 2 atom stereocenters. The second-order valence-electron chi connectivity index (χ2n) is 6.75. The van der Waals surface area contributed by atoms with Crippen molar-refractivity contribution in [2.45, 2.75) is 24.1 Å². The van der Waals surface area contributed by atoms with Gasteiger partial charge >= 0.3 is 6.18 Å². The predicted molar refractivity (Wildman–Crippen MR) is 102 cm³/mol. The molecular weight excluding hydrogens is 389 g/mol. The molecule has 3 aromatic carbocycles. The summed E-state index contributed by atoms with van der Waals surface area (Å²) in [5.74, 6) is -0.164.